The zero-order valence-electron chi connectivity index (χ0n) is 6.36. The molecule has 1 saturated carbocycles. The molecule has 0 aromatic carbocycles. The summed E-state index contributed by atoms with van der Waals surface area (Å²) in [5.41, 5.74) is 0. The molecular weight excluding hydrogens is 144 g/mol. The number of carbonyl (C=O) groups is 1. The standard InChI is InChI=1S/C8H12O3/c9-5-11-8-2-1-7-6(8)3-4-10-7/h5-8H,1-4H2/t6-,7-,8+/m0/s1. The van der Waals surface area contributed by atoms with Gasteiger partial charge in [-0.1, -0.05) is 0 Å². The lowest BCUT2D eigenvalue weighted by Crippen LogP contribution is -2.20. The van der Waals surface area contributed by atoms with Crippen molar-refractivity contribution in [1.29, 1.82) is 0 Å². The van der Waals surface area contributed by atoms with Crippen LogP contribution in [0.5, 0.6) is 0 Å². The molecule has 0 unspecified atom stereocenters. The minimum atomic E-state index is 0.139. The van der Waals surface area contributed by atoms with Gasteiger partial charge in [-0.2, -0.15) is 0 Å². The Morgan fingerprint density at radius 1 is 1.36 bits per heavy atom. The Morgan fingerprint density at radius 2 is 2.27 bits per heavy atom. The second kappa shape index (κ2) is 2.81. The maximum Gasteiger partial charge on any atom is 0.293 e. The van der Waals surface area contributed by atoms with E-state index in [2.05, 4.69) is 0 Å². The molecule has 0 bridgehead atoms. The van der Waals surface area contributed by atoms with E-state index in [-0.39, 0.29) is 6.10 Å². The first-order valence-corrected chi connectivity index (χ1v) is 4.12. The van der Waals surface area contributed by atoms with Gasteiger partial charge in [0.15, 0.2) is 0 Å². The summed E-state index contributed by atoms with van der Waals surface area (Å²) in [6.45, 7) is 1.40. The van der Waals surface area contributed by atoms with Crippen LogP contribution in [-0.2, 0) is 14.3 Å². The number of hydrogen-bond donors (Lipinski definition) is 0. The van der Waals surface area contributed by atoms with Crippen LogP contribution in [0.4, 0.5) is 0 Å². The van der Waals surface area contributed by atoms with Crippen LogP contribution < -0.4 is 0 Å². The average molecular weight is 156 g/mol. The van der Waals surface area contributed by atoms with Gasteiger partial charge in [0.2, 0.25) is 0 Å². The van der Waals surface area contributed by atoms with Gasteiger partial charge in [0.25, 0.3) is 6.47 Å². The molecule has 0 N–H and O–H groups in total. The predicted molar refractivity (Wildman–Crippen MR) is 38.0 cm³/mol. The van der Waals surface area contributed by atoms with Gasteiger partial charge >= 0.3 is 0 Å². The van der Waals surface area contributed by atoms with E-state index in [4.69, 9.17) is 9.47 Å². The molecular formula is C8H12O3. The van der Waals surface area contributed by atoms with E-state index < -0.39 is 0 Å². The summed E-state index contributed by atoms with van der Waals surface area (Å²) in [4.78, 5) is 10.1. The topological polar surface area (TPSA) is 35.5 Å². The van der Waals surface area contributed by atoms with Crippen LogP contribution in [-0.4, -0.2) is 25.3 Å². The number of hydrogen-bond acceptors (Lipinski definition) is 3. The molecule has 3 nitrogen and oxygen atoms in total. The van der Waals surface area contributed by atoms with Gasteiger partial charge in [0, 0.05) is 12.5 Å². The van der Waals surface area contributed by atoms with Gasteiger partial charge in [-0.25, -0.2) is 0 Å². The van der Waals surface area contributed by atoms with Gasteiger partial charge < -0.3 is 9.47 Å². The molecule has 2 rings (SSSR count). The zero-order chi connectivity index (χ0) is 7.68. The highest BCUT2D eigenvalue weighted by molar-refractivity contribution is 5.37. The molecule has 62 valence electrons. The summed E-state index contributed by atoms with van der Waals surface area (Å²) in [6, 6.07) is 0. The maximum absolute atomic E-state index is 10.1. The number of ether oxygens (including phenoxy) is 2. The summed E-state index contributed by atoms with van der Waals surface area (Å²) >= 11 is 0. The van der Waals surface area contributed by atoms with Gasteiger partial charge in [-0.15, -0.1) is 0 Å². The van der Waals surface area contributed by atoms with E-state index in [0.717, 1.165) is 25.9 Å². The van der Waals surface area contributed by atoms with E-state index >= 15 is 0 Å². The fourth-order valence-corrected chi connectivity index (χ4v) is 2.17. The third-order valence-electron chi connectivity index (χ3n) is 2.70. The molecule has 0 aromatic rings. The highest BCUT2D eigenvalue weighted by Crippen LogP contribution is 2.37. The van der Waals surface area contributed by atoms with Crippen molar-refractivity contribution < 1.29 is 14.3 Å². The molecule has 2 aliphatic rings. The van der Waals surface area contributed by atoms with Gasteiger partial charge in [-0.3, -0.25) is 4.79 Å². The van der Waals surface area contributed by atoms with Crippen molar-refractivity contribution in [3.05, 3.63) is 0 Å². The minimum Gasteiger partial charge on any atom is -0.464 e. The van der Waals surface area contributed by atoms with Crippen molar-refractivity contribution >= 4 is 6.47 Å². The predicted octanol–water partition coefficient (Wildman–Crippen LogP) is 0.727. The normalized spacial score (nSPS) is 42.0. The molecule has 0 spiro atoms. The van der Waals surface area contributed by atoms with Crippen LogP contribution in [0.15, 0.2) is 0 Å². The second-order valence-electron chi connectivity index (χ2n) is 3.21. The maximum atomic E-state index is 10.1. The summed E-state index contributed by atoms with van der Waals surface area (Å²) in [5.74, 6) is 0.486. The van der Waals surface area contributed by atoms with E-state index in [0.29, 0.717) is 18.5 Å². The third-order valence-corrected chi connectivity index (χ3v) is 2.70. The SMILES string of the molecule is O=CO[C@@H]1CC[C@@H]2OCC[C@@H]21. The molecule has 2 fully saturated rings. The quantitative estimate of drug-likeness (QED) is 0.553. The Kier molecular flexibility index (Phi) is 1.82. The van der Waals surface area contributed by atoms with E-state index in [1.807, 2.05) is 0 Å². The monoisotopic (exact) mass is 156 g/mol. The Labute approximate surface area is 65.7 Å². The zero-order valence-corrected chi connectivity index (χ0v) is 6.36. The Hall–Kier alpha value is -0.570. The number of fused-ring (bicyclic) bond motifs is 1. The lowest BCUT2D eigenvalue weighted by molar-refractivity contribution is -0.135. The molecule has 1 aliphatic heterocycles. The Morgan fingerprint density at radius 3 is 3.09 bits per heavy atom. The first-order valence-electron chi connectivity index (χ1n) is 4.12. The summed E-state index contributed by atoms with van der Waals surface area (Å²) in [6.07, 6.45) is 3.61. The highest BCUT2D eigenvalue weighted by atomic mass is 16.5. The summed E-state index contributed by atoms with van der Waals surface area (Å²) in [7, 11) is 0. The molecule has 11 heavy (non-hydrogen) atoms. The summed E-state index contributed by atoms with van der Waals surface area (Å²) in [5, 5.41) is 0. The fourth-order valence-electron chi connectivity index (χ4n) is 2.17. The third kappa shape index (κ3) is 1.13. The molecule has 0 radical (unpaired) electrons. The molecule has 1 aliphatic carbocycles. The van der Waals surface area contributed by atoms with Crippen LogP contribution >= 0.6 is 0 Å². The van der Waals surface area contributed by atoms with E-state index in [1.54, 1.807) is 0 Å². The van der Waals surface area contributed by atoms with E-state index in [1.165, 1.54) is 0 Å². The molecule has 1 heterocycles. The van der Waals surface area contributed by atoms with Crippen molar-refractivity contribution in [2.24, 2.45) is 5.92 Å². The fraction of sp³-hybridized carbons (Fsp3) is 0.875. The first kappa shape index (κ1) is 7.10. The van der Waals surface area contributed by atoms with Gasteiger partial charge in [0.05, 0.1) is 6.10 Å². The van der Waals surface area contributed by atoms with Crippen molar-refractivity contribution in [1.82, 2.24) is 0 Å². The van der Waals surface area contributed by atoms with Crippen molar-refractivity contribution in [3.63, 3.8) is 0 Å². The Balaban J connectivity index is 1.97. The van der Waals surface area contributed by atoms with E-state index in [9.17, 15) is 4.79 Å². The average Bonchev–Trinajstić information content (AvgIpc) is 2.53. The smallest absolute Gasteiger partial charge is 0.293 e. The molecule has 3 atom stereocenters. The Bertz CT molecular complexity index is 157. The second-order valence-corrected chi connectivity index (χ2v) is 3.21. The van der Waals surface area contributed by atoms with Gasteiger partial charge in [0.1, 0.15) is 6.10 Å². The molecule has 1 saturated heterocycles. The lowest BCUT2D eigenvalue weighted by atomic mass is 10.0. The van der Waals surface area contributed by atoms with Crippen LogP contribution in [0.1, 0.15) is 19.3 Å². The van der Waals surface area contributed by atoms with Gasteiger partial charge in [-0.05, 0) is 19.3 Å². The van der Waals surface area contributed by atoms with Crippen LogP contribution in [0.25, 0.3) is 0 Å². The highest BCUT2D eigenvalue weighted by Gasteiger charge is 2.41. The molecule has 0 amide bonds. The molecule has 0 aromatic heterocycles. The molecule has 3 heteroatoms. The van der Waals surface area contributed by atoms with Crippen LogP contribution in [0.2, 0.25) is 0 Å². The number of rotatable bonds is 2. The van der Waals surface area contributed by atoms with Crippen LogP contribution in [0.3, 0.4) is 0 Å². The van der Waals surface area contributed by atoms with Crippen molar-refractivity contribution in [2.45, 2.75) is 31.5 Å². The summed E-state index contributed by atoms with van der Waals surface area (Å²) < 4.78 is 10.4. The van der Waals surface area contributed by atoms with Crippen molar-refractivity contribution in [3.8, 4) is 0 Å². The van der Waals surface area contributed by atoms with Crippen LogP contribution in [0, 0.1) is 5.92 Å². The largest absolute Gasteiger partial charge is 0.464 e. The first-order chi connectivity index (χ1) is 5.42. The number of carbonyl (C=O) groups excluding carboxylic acids is 1. The van der Waals surface area contributed by atoms with Crippen molar-refractivity contribution in [2.75, 3.05) is 6.61 Å². The minimum absolute atomic E-state index is 0.139. The lowest BCUT2D eigenvalue weighted by Gasteiger charge is -2.14.